The van der Waals surface area contributed by atoms with Gasteiger partial charge in [-0.15, -0.1) is 0 Å². The fraction of sp³-hybridized carbons (Fsp3) is 0.294. The molecular weight excluding hydrogens is 314 g/mol. The van der Waals surface area contributed by atoms with E-state index in [1.807, 2.05) is 24.3 Å². The van der Waals surface area contributed by atoms with Crippen molar-refractivity contribution >= 4 is 21.6 Å². The molecule has 0 bridgehead atoms. The summed E-state index contributed by atoms with van der Waals surface area (Å²) >= 11 is 3.47. The summed E-state index contributed by atoms with van der Waals surface area (Å²) in [7, 11) is 0. The molecule has 2 aromatic carbocycles. The standard InChI is InChI=1S/C17H20BrNO/c1-11-9-12(17(2,3)4)5-7-15(11)20-16-8-6-13(19)10-14(16)18/h5-10H,19H2,1-4H3. The number of benzene rings is 2. The maximum atomic E-state index is 5.96. The molecule has 0 atom stereocenters. The van der Waals surface area contributed by atoms with E-state index in [0.29, 0.717) is 5.69 Å². The Morgan fingerprint density at radius 3 is 2.20 bits per heavy atom. The summed E-state index contributed by atoms with van der Waals surface area (Å²) in [6.45, 7) is 8.69. The topological polar surface area (TPSA) is 35.2 Å². The Morgan fingerprint density at radius 1 is 1.00 bits per heavy atom. The van der Waals surface area contributed by atoms with Crippen molar-refractivity contribution in [3.8, 4) is 11.5 Å². The number of aryl methyl sites for hydroxylation is 1. The maximum Gasteiger partial charge on any atom is 0.141 e. The lowest BCUT2D eigenvalue weighted by Gasteiger charge is -2.20. The third-order valence-corrected chi connectivity index (χ3v) is 3.84. The molecular formula is C17H20BrNO. The molecule has 2 nitrogen and oxygen atoms in total. The first-order valence-electron chi connectivity index (χ1n) is 6.61. The summed E-state index contributed by atoms with van der Waals surface area (Å²) in [6, 6.07) is 11.9. The smallest absolute Gasteiger partial charge is 0.141 e. The highest BCUT2D eigenvalue weighted by Gasteiger charge is 2.15. The van der Waals surface area contributed by atoms with Crippen LogP contribution in [0.4, 0.5) is 5.69 Å². The van der Waals surface area contributed by atoms with E-state index >= 15 is 0 Å². The van der Waals surface area contributed by atoms with Crippen molar-refractivity contribution < 1.29 is 4.74 Å². The minimum Gasteiger partial charge on any atom is -0.456 e. The van der Waals surface area contributed by atoms with Crippen molar-refractivity contribution in [1.82, 2.24) is 0 Å². The zero-order valence-corrected chi connectivity index (χ0v) is 13.9. The van der Waals surface area contributed by atoms with Crippen molar-refractivity contribution in [3.05, 3.63) is 52.0 Å². The number of rotatable bonds is 2. The number of ether oxygens (including phenoxy) is 1. The van der Waals surface area contributed by atoms with Crippen LogP contribution in [-0.2, 0) is 5.41 Å². The fourth-order valence-corrected chi connectivity index (χ4v) is 2.43. The highest BCUT2D eigenvalue weighted by atomic mass is 79.9. The number of nitrogen functional groups attached to an aromatic ring is 1. The molecule has 2 N–H and O–H groups in total. The lowest BCUT2D eigenvalue weighted by atomic mass is 9.86. The van der Waals surface area contributed by atoms with Crippen molar-refractivity contribution in [3.63, 3.8) is 0 Å². The van der Waals surface area contributed by atoms with E-state index < -0.39 is 0 Å². The van der Waals surface area contributed by atoms with E-state index in [-0.39, 0.29) is 5.41 Å². The van der Waals surface area contributed by atoms with E-state index in [2.05, 4.69) is 55.8 Å². The molecule has 0 heterocycles. The molecule has 3 heteroatoms. The zero-order chi connectivity index (χ0) is 14.9. The highest BCUT2D eigenvalue weighted by molar-refractivity contribution is 9.10. The average molecular weight is 334 g/mol. The van der Waals surface area contributed by atoms with Gasteiger partial charge >= 0.3 is 0 Å². The second-order valence-electron chi connectivity index (χ2n) is 6.02. The van der Waals surface area contributed by atoms with Crippen LogP contribution in [-0.4, -0.2) is 0 Å². The van der Waals surface area contributed by atoms with E-state index in [4.69, 9.17) is 10.5 Å². The molecule has 0 fully saturated rings. The second-order valence-corrected chi connectivity index (χ2v) is 6.88. The Kier molecular flexibility index (Phi) is 4.09. The van der Waals surface area contributed by atoms with Crippen LogP contribution in [0.2, 0.25) is 0 Å². The molecule has 0 aliphatic rings. The molecule has 0 aliphatic heterocycles. The molecule has 0 unspecified atom stereocenters. The van der Waals surface area contributed by atoms with Gasteiger partial charge in [0.05, 0.1) is 4.47 Å². The summed E-state index contributed by atoms with van der Waals surface area (Å²) in [6.07, 6.45) is 0. The largest absolute Gasteiger partial charge is 0.456 e. The molecule has 0 radical (unpaired) electrons. The first-order valence-corrected chi connectivity index (χ1v) is 7.40. The van der Waals surface area contributed by atoms with Crippen molar-refractivity contribution in [2.75, 3.05) is 5.73 Å². The summed E-state index contributed by atoms with van der Waals surface area (Å²) in [4.78, 5) is 0. The molecule has 0 aliphatic carbocycles. The Morgan fingerprint density at radius 2 is 1.65 bits per heavy atom. The summed E-state index contributed by atoms with van der Waals surface area (Å²) < 4.78 is 6.82. The number of anilines is 1. The van der Waals surface area contributed by atoms with Gasteiger partial charge in [0.2, 0.25) is 0 Å². The fourth-order valence-electron chi connectivity index (χ4n) is 1.95. The van der Waals surface area contributed by atoms with Gasteiger partial charge in [0.15, 0.2) is 0 Å². The van der Waals surface area contributed by atoms with Gasteiger partial charge in [-0.1, -0.05) is 32.9 Å². The van der Waals surface area contributed by atoms with Gasteiger partial charge in [-0.2, -0.15) is 0 Å². The van der Waals surface area contributed by atoms with Crippen LogP contribution in [0.25, 0.3) is 0 Å². The lowest BCUT2D eigenvalue weighted by Crippen LogP contribution is -2.11. The normalized spacial score (nSPS) is 11.4. The van der Waals surface area contributed by atoms with Gasteiger partial charge in [-0.25, -0.2) is 0 Å². The van der Waals surface area contributed by atoms with E-state index in [1.165, 1.54) is 5.56 Å². The quantitative estimate of drug-likeness (QED) is 0.743. The van der Waals surface area contributed by atoms with Crippen LogP contribution < -0.4 is 10.5 Å². The third kappa shape index (κ3) is 3.34. The Balaban J connectivity index is 2.30. The predicted molar refractivity (Wildman–Crippen MR) is 88.5 cm³/mol. The highest BCUT2D eigenvalue weighted by Crippen LogP contribution is 2.34. The first-order chi connectivity index (χ1) is 9.27. The van der Waals surface area contributed by atoms with Crippen LogP contribution >= 0.6 is 15.9 Å². The van der Waals surface area contributed by atoms with Crippen LogP contribution in [0.1, 0.15) is 31.9 Å². The van der Waals surface area contributed by atoms with Gasteiger partial charge in [-0.05, 0) is 63.7 Å². The molecule has 20 heavy (non-hydrogen) atoms. The zero-order valence-electron chi connectivity index (χ0n) is 12.3. The number of hydrogen-bond donors (Lipinski definition) is 1. The third-order valence-electron chi connectivity index (χ3n) is 3.22. The Labute approximate surface area is 129 Å². The molecule has 106 valence electrons. The molecule has 0 spiro atoms. The van der Waals surface area contributed by atoms with Crippen molar-refractivity contribution in [1.29, 1.82) is 0 Å². The minimum atomic E-state index is 0.144. The predicted octanol–water partition coefficient (Wildman–Crippen LogP) is 5.43. The van der Waals surface area contributed by atoms with Crippen LogP contribution in [0.5, 0.6) is 11.5 Å². The summed E-state index contributed by atoms with van der Waals surface area (Å²) in [5.74, 6) is 1.63. The van der Waals surface area contributed by atoms with Gasteiger partial charge in [0.25, 0.3) is 0 Å². The monoisotopic (exact) mass is 333 g/mol. The van der Waals surface area contributed by atoms with E-state index in [1.54, 1.807) is 0 Å². The molecule has 0 amide bonds. The van der Waals surface area contributed by atoms with E-state index in [0.717, 1.165) is 21.5 Å². The SMILES string of the molecule is Cc1cc(C(C)(C)C)ccc1Oc1ccc(N)cc1Br. The number of hydrogen-bond acceptors (Lipinski definition) is 2. The molecule has 0 saturated carbocycles. The minimum absolute atomic E-state index is 0.144. The van der Waals surface area contributed by atoms with Gasteiger partial charge in [-0.3, -0.25) is 0 Å². The van der Waals surface area contributed by atoms with Gasteiger partial charge in [0, 0.05) is 5.69 Å². The molecule has 0 saturated heterocycles. The molecule has 0 aromatic heterocycles. The number of nitrogens with two attached hydrogens (primary N) is 1. The van der Waals surface area contributed by atoms with Gasteiger partial charge < -0.3 is 10.5 Å². The van der Waals surface area contributed by atoms with Crippen LogP contribution in [0.15, 0.2) is 40.9 Å². The number of halogens is 1. The van der Waals surface area contributed by atoms with E-state index in [9.17, 15) is 0 Å². The maximum absolute atomic E-state index is 5.96. The molecule has 2 aromatic rings. The van der Waals surface area contributed by atoms with Crippen molar-refractivity contribution in [2.45, 2.75) is 33.1 Å². The first kappa shape index (κ1) is 14.9. The summed E-state index contributed by atoms with van der Waals surface area (Å²) in [5, 5.41) is 0. The molecule has 2 rings (SSSR count). The second kappa shape index (κ2) is 5.49. The van der Waals surface area contributed by atoms with Crippen LogP contribution in [0, 0.1) is 6.92 Å². The lowest BCUT2D eigenvalue weighted by molar-refractivity contribution is 0.474. The van der Waals surface area contributed by atoms with Gasteiger partial charge in [0.1, 0.15) is 11.5 Å². The average Bonchev–Trinajstić information content (AvgIpc) is 2.33. The Bertz CT molecular complexity index is 629. The Hall–Kier alpha value is -1.48. The van der Waals surface area contributed by atoms with Crippen LogP contribution in [0.3, 0.4) is 0 Å². The van der Waals surface area contributed by atoms with Crippen molar-refractivity contribution in [2.24, 2.45) is 0 Å². The summed E-state index contributed by atoms with van der Waals surface area (Å²) in [5.41, 5.74) is 9.02.